The highest BCUT2D eigenvalue weighted by Gasteiger charge is 2.13. The van der Waals surface area contributed by atoms with Crippen LogP contribution >= 0.6 is 0 Å². The molecule has 0 fully saturated rings. The fourth-order valence-corrected chi connectivity index (χ4v) is 1.25. The van der Waals surface area contributed by atoms with Gasteiger partial charge in [-0.25, -0.2) is 10.8 Å². The average Bonchev–Trinajstić information content (AvgIpc) is 2.24. The van der Waals surface area contributed by atoms with E-state index in [1.54, 1.807) is 18.2 Å². The summed E-state index contributed by atoms with van der Waals surface area (Å²) in [6.07, 6.45) is 0. The number of nitrogens with zero attached hydrogens (tertiary/aromatic N) is 1. The second kappa shape index (κ2) is 5.49. The van der Waals surface area contributed by atoms with Crippen LogP contribution in [0.25, 0.3) is 0 Å². The van der Waals surface area contributed by atoms with E-state index in [-0.39, 0.29) is 18.0 Å². The molecule has 5 N–H and O–H groups in total. The molecule has 0 bridgehead atoms. The number of hydrazine groups is 1. The molecule has 17 heavy (non-hydrogen) atoms. The molecule has 0 unspecified atom stereocenters. The van der Waals surface area contributed by atoms with Crippen LogP contribution in [0.15, 0.2) is 18.2 Å². The van der Waals surface area contributed by atoms with E-state index in [1.807, 2.05) is 20.8 Å². The molecule has 1 rings (SSSR count). The van der Waals surface area contributed by atoms with Gasteiger partial charge in [0, 0.05) is 5.54 Å². The summed E-state index contributed by atoms with van der Waals surface area (Å²) >= 11 is 0. The number of nitrogen functional groups attached to an aromatic ring is 1. The van der Waals surface area contributed by atoms with Gasteiger partial charge in [0.1, 0.15) is 11.6 Å². The number of hydrogen-bond donors (Lipinski definition) is 4. The Morgan fingerprint density at radius 1 is 1.35 bits per heavy atom. The lowest BCUT2D eigenvalue weighted by atomic mass is 10.1. The van der Waals surface area contributed by atoms with Crippen molar-refractivity contribution in [1.29, 1.82) is 0 Å². The minimum atomic E-state index is -0.229. The number of hydrogen-bond acceptors (Lipinski definition) is 5. The number of nitrogens with one attached hydrogen (secondary N) is 3. The first-order valence-corrected chi connectivity index (χ1v) is 5.39. The van der Waals surface area contributed by atoms with Crippen molar-refractivity contribution in [2.24, 2.45) is 5.84 Å². The largest absolute Gasteiger partial charge is 0.361 e. The maximum absolute atomic E-state index is 11.5. The van der Waals surface area contributed by atoms with Crippen molar-refractivity contribution in [3.8, 4) is 0 Å². The van der Waals surface area contributed by atoms with Crippen molar-refractivity contribution in [3.63, 3.8) is 0 Å². The number of nitrogens with two attached hydrogens (primary N) is 1. The molecule has 0 aliphatic rings. The first-order valence-electron chi connectivity index (χ1n) is 5.39. The van der Waals surface area contributed by atoms with Gasteiger partial charge in [-0.15, -0.1) is 0 Å². The second-order valence-electron chi connectivity index (χ2n) is 4.70. The lowest BCUT2D eigenvalue weighted by Crippen LogP contribution is -2.43. The predicted octanol–water partition coefficient (Wildman–Crippen LogP) is 0.694. The number of anilines is 2. The average molecular weight is 237 g/mol. The molecule has 6 heteroatoms. The van der Waals surface area contributed by atoms with Crippen LogP contribution in [0.4, 0.5) is 11.6 Å². The monoisotopic (exact) mass is 237 g/mol. The summed E-state index contributed by atoms with van der Waals surface area (Å²) in [5.74, 6) is 6.31. The SMILES string of the molecule is CC(C)(C)NC(=O)CNc1cccc(NN)n1. The highest BCUT2D eigenvalue weighted by Crippen LogP contribution is 2.07. The lowest BCUT2D eigenvalue weighted by molar-refractivity contribution is -0.120. The summed E-state index contributed by atoms with van der Waals surface area (Å²) in [5, 5.41) is 5.77. The van der Waals surface area contributed by atoms with E-state index in [2.05, 4.69) is 21.0 Å². The molecule has 1 aromatic rings. The number of amides is 1. The zero-order chi connectivity index (χ0) is 12.9. The number of carbonyl (C=O) groups is 1. The molecule has 0 aliphatic carbocycles. The molecule has 6 nitrogen and oxygen atoms in total. The van der Waals surface area contributed by atoms with Crippen LogP contribution < -0.4 is 21.9 Å². The van der Waals surface area contributed by atoms with Gasteiger partial charge < -0.3 is 16.1 Å². The molecule has 0 atom stereocenters. The smallest absolute Gasteiger partial charge is 0.239 e. The Kier molecular flexibility index (Phi) is 4.28. The quantitative estimate of drug-likeness (QED) is 0.457. The third-order valence-electron chi connectivity index (χ3n) is 1.84. The van der Waals surface area contributed by atoms with Gasteiger partial charge in [-0.05, 0) is 32.9 Å². The van der Waals surface area contributed by atoms with Gasteiger partial charge >= 0.3 is 0 Å². The predicted molar refractivity (Wildman–Crippen MR) is 68.4 cm³/mol. The van der Waals surface area contributed by atoms with E-state index < -0.39 is 0 Å². The standard InChI is InChI=1S/C11H19N5O/c1-11(2,3)15-10(17)7-13-8-5-4-6-9(14-8)16-12/h4-6H,7,12H2,1-3H3,(H,15,17)(H2,13,14,16). The minimum Gasteiger partial charge on any atom is -0.361 e. The van der Waals surface area contributed by atoms with Gasteiger partial charge in [0.15, 0.2) is 0 Å². The zero-order valence-electron chi connectivity index (χ0n) is 10.4. The molecule has 0 saturated carbocycles. The Labute approximate surface area is 101 Å². The Balaban J connectivity index is 2.47. The van der Waals surface area contributed by atoms with Crippen LogP contribution in [0.1, 0.15) is 20.8 Å². The van der Waals surface area contributed by atoms with Gasteiger partial charge in [-0.3, -0.25) is 4.79 Å². The molecular formula is C11H19N5O. The van der Waals surface area contributed by atoms with Crippen molar-refractivity contribution in [3.05, 3.63) is 18.2 Å². The third kappa shape index (κ3) is 5.17. The normalized spacial score (nSPS) is 10.8. The summed E-state index contributed by atoms with van der Waals surface area (Å²) in [7, 11) is 0. The highest BCUT2D eigenvalue weighted by molar-refractivity contribution is 5.81. The van der Waals surface area contributed by atoms with Crippen LogP contribution in [-0.4, -0.2) is 23.0 Å². The lowest BCUT2D eigenvalue weighted by Gasteiger charge is -2.20. The minimum absolute atomic E-state index is 0.0783. The molecule has 0 aliphatic heterocycles. The molecule has 0 saturated heterocycles. The Morgan fingerprint density at radius 3 is 2.59 bits per heavy atom. The molecule has 0 radical (unpaired) electrons. The van der Waals surface area contributed by atoms with Crippen LogP contribution in [-0.2, 0) is 4.79 Å². The van der Waals surface area contributed by atoms with E-state index in [1.165, 1.54) is 0 Å². The second-order valence-corrected chi connectivity index (χ2v) is 4.70. The highest BCUT2D eigenvalue weighted by atomic mass is 16.2. The molecular weight excluding hydrogens is 218 g/mol. The molecule has 1 heterocycles. The third-order valence-corrected chi connectivity index (χ3v) is 1.84. The van der Waals surface area contributed by atoms with Gasteiger partial charge in [-0.1, -0.05) is 6.07 Å². The van der Waals surface area contributed by atoms with E-state index in [0.717, 1.165) is 0 Å². The van der Waals surface area contributed by atoms with Gasteiger partial charge in [0.25, 0.3) is 0 Å². The molecule has 0 aromatic carbocycles. The van der Waals surface area contributed by atoms with Crippen LogP contribution in [0.3, 0.4) is 0 Å². The first kappa shape index (κ1) is 13.2. The Bertz CT molecular complexity index is 386. The van der Waals surface area contributed by atoms with E-state index >= 15 is 0 Å². The summed E-state index contributed by atoms with van der Waals surface area (Å²) in [6.45, 7) is 5.98. The van der Waals surface area contributed by atoms with Crippen LogP contribution in [0.2, 0.25) is 0 Å². The van der Waals surface area contributed by atoms with Crippen molar-refractivity contribution in [1.82, 2.24) is 10.3 Å². The van der Waals surface area contributed by atoms with E-state index in [9.17, 15) is 4.79 Å². The first-order chi connectivity index (χ1) is 7.90. The summed E-state index contributed by atoms with van der Waals surface area (Å²) in [6, 6.07) is 5.30. The number of aromatic nitrogens is 1. The van der Waals surface area contributed by atoms with Crippen molar-refractivity contribution in [2.45, 2.75) is 26.3 Å². The van der Waals surface area contributed by atoms with Crippen LogP contribution in [0.5, 0.6) is 0 Å². The summed E-state index contributed by atoms with van der Waals surface area (Å²) in [4.78, 5) is 15.7. The van der Waals surface area contributed by atoms with Gasteiger partial charge in [0.05, 0.1) is 6.54 Å². The molecule has 94 valence electrons. The van der Waals surface area contributed by atoms with Gasteiger partial charge in [-0.2, -0.15) is 0 Å². The number of pyridine rings is 1. The Hall–Kier alpha value is -1.82. The fourth-order valence-electron chi connectivity index (χ4n) is 1.25. The molecule has 0 spiro atoms. The van der Waals surface area contributed by atoms with E-state index in [4.69, 9.17) is 5.84 Å². The summed E-state index contributed by atoms with van der Waals surface area (Å²) in [5.41, 5.74) is 2.21. The maximum Gasteiger partial charge on any atom is 0.239 e. The van der Waals surface area contributed by atoms with E-state index in [0.29, 0.717) is 11.6 Å². The van der Waals surface area contributed by atoms with Crippen molar-refractivity contribution < 1.29 is 4.79 Å². The maximum atomic E-state index is 11.5. The van der Waals surface area contributed by atoms with Crippen molar-refractivity contribution in [2.75, 3.05) is 17.3 Å². The van der Waals surface area contributed by atoms with Gasteiger partial charge in [0.2, 0.25) is 5.91 Å². The number of carbonyl (C=O) groups excluding carboxylic acids is 1. The topological polar surface area (TPSA) is 92.1 Å². The van der Waals surface area contributed by atoms with Crippen LogP contribution in [0, 0.1) is 0 Å². The number of rotatable bonds is 4. The summed E-state index contributed by atoms with van der Waals surface area (Å²) < 4.78 is 0. The van der Waals surface area contributed by atoms with Crippen molar-refractivity contribution >= 4 is 17.5 Å². The fraction of sp³-hybridized carbons (Fsp3) is 0.455. The molecule has 1 amide bonds. The Morgan fingerprint density at radius 2 is 2.00 bits per heavy atom. The molecule has 1 aromatic heterocycles. The zero-order valence-corrected chi connectivity index (χ0v) is 10.4.